The first-order valence-electron chi connectivity index (χ1n) is 6.70. The van der Waals surface area contributed by atoms with Gasteiger partial charge in [0, 0.05) is 32.6 Å². The van der Waals surface area contributed by atoms with Crippen LogP contribution in [0.25, 0.3) is 0 Å². The molecule has 1 aliphatic heterocycles. The quantitative estimate of drug-likeness (QED) is 0.736. The van der Waals surface area contributed by atoms with Crippen molar-refractivity contribution >= 4 is 12.0 Å². The molecule has 1 heterocycles. The Morgan fingerprint density at radius 1 is 1.16 bits per heavy atom. The normalized spacial score (nSPS) is 16.2. The van der Waals surface area contributed by atoms with Gasteiger partial charge in [-0.3, -0.25) is 4.79 Å². The number of amides is 2. The van der Waals surface area contributed by atoms with Crippen LogP contribution >= 0.6 is 0 Å². The SMILES string of the molecule is C=CCCC(=O)N1CCN(C(=O)OC(C)(C)C)CC1. The van der Waals surface area contributed by atoms with Crippen molar-refractivity contribution in [2.75, 3.05) is 26.2 Å². The first kappa shape index (κ1) is 15.5. The van der Waals surface area contributed by atoms with Gasteiger partial charge in [-0.2, -0.15) is 0 Å². The molecule has 5 heteroatoms. The third kappa shape index (κ3) is 5.32. The number of rotatable bonds is 3. The van der Waals surface area contributed by atoms with E-state index >= 15 is 0 Å². The zero-order valence-corrected chi connectivity index (χ0v) is 12.1. The van der Waals surface area contributed by atoms with Crippen LogP contribution in [0.3, 0.4) is 0 Å². The van der Waals surface area contributed by atoms with Crippen molar-refractivity contribution in [1.29, 1.82) is 0 Å². The second-order valence-corrected chi connectivity index (χ2v) is 5.68. The van der Waals surface area contributed by atoms with Gasteiger partial charge in [0.05, 0.1) is 0 Å². The van der Waals surface area contributed by atoms with Crippen LogP contribution in [0.1, 0.15) is 33.6 Å². The van der Waals surface area contributed by atoms with E-state index in [1.165, 1.54) is 0 Å². The second kappa shape index (κ2) is 6.59. The molecule has 0 radical (unpaired) electrons. The highest BCUT2D eigenvalue weighted by Crippen LogP contribution is 2.12. The summed E-state index contributed by atoms with van der Waals surface area (Å²) in [4.78, 5) is 27.1. The molecule has 1 fully saturated rings. The Kier molecular flexibility index (Phi) is 5.39. The van der Waals surface area contributed by atoms with Gasteiger partial charge in [0.15, 0.2) is 0 Å². The predicted molar refractivity (Wildman–Crippen MR) is 73.8 cm³/mol. The van der Waals surface area contributed by atoms with Gasteiger partial charge in [-0.15, -0.1) is 6.58 Å². The van der Waals surface area contributed by atoms with Crippen molar-refractivity contribution in [3.05, 3.63) is 12.7 Å². The Morgan fingerprint density at radius 3 is 2.16 bits per heavy atom. The summed E-state index contributed by atoms with van der Waals surface area (Å²) in [6, 6.07) is 0. The van der Waals surface area contributed by atoms with E-state index in [1.807, 2.05) is 20.8 Å². The molecular weight excluding hydrogens is 244 g/mol. The van der Waals surface area contributed by atoms with E-state index < -0.39 is 5.60 Å². The lowest BCUT2D eigenvalue weighted by Gasteiger charge is -2.35. The highest BCUT2D eigenvalue weighted by Gasteiger charge is 2.27. The maximum absolute atomic E-state index is 11.8. The number of hydrogen-bond acceptors (Lipinski definition) is 3. The summed E-state index contributed by atoms with van der Waals surface area (Å²) in [5.41, 5.74) is -0.478. The standard InChI is InChI=1S/C14H24N2O3/c1-5-6-7-12(17)15-8-10-16(11-9-15)13(18)19-14(2,3)4/h5H,1,6-11H2,2-4H3. The van der Waals surface area contributed by atoms with Crippen molar-refractivity contribution in [1.82, 2.24) is 9.80 Å². The maximum Gasteiger partial charge on any atom is 0.410 e. The van der Waals surface area contributed by atoms with Crippen molar-refractivity contribution in [3.8, 4) is 0 Å². The fourth-order valence-electron chi connectivity index (χ4n) is 1.85. The smallest absolute Gasteiger partial charge is 0.410 e. The van der Waals surface area contributed by atoms with Gasteiger partial charge in [0.25, 0.3) is 0 Å². The highest BCUT2D eigenvalue weighted by molar-refractivity contribution is 5.77. The van der Waals surface area contributed by atoms with Gasteiger partial charge in [-0.05, 0) is 27.2 Å². The van der Waals surface area contributed by atoms with Crippen LogP contribution in [-0.2, 0) is 9.53 Å². The molecule has 1 rings (SSSR count). The van der Waals surface area contributed by atoms with Crippen molar-refractivity contribution in [2.45, 2.75) is 39.2 Å². The topological polar surface area (TPSA) is 49.9 Å². The summed E-state index contributed by atoms with van der Waals surface area (Å²) in [6.45, 7) is 11.4. The molecule has 0 spiro atoms. The fourth-order valence-corrected chi connectivity index (χ4v) is 1.85. The molecule has 0 aromatic carbocycles. The van der Waals surface area contributed by atoms with E-state index in [2.05, 4.69) is 6.58 Å². The van der Waals surface area contributed by atoms with Gasteiger partial charge in [-0.1, -0.05) is 6.08 Å². The van der Waals surface area contributed by atoms with Gasteiger partial charge in [0.2, 0.25) is 5.91 Å². The number of ether oxygens (including phenoxy) is 1. The number of hydrogen-bond donors (Lipinski definition) is 0. The largest absolute Gasteiger partial charge is 0.444 e. The summed E-state index contributed by atoms with van der Waals surface area (Å²) < 4.78 is 5.31. The number of allylic oxidation sites excluding steroid dienone is 1. The van der Waals surface area contributed by atoms with Crippen LogP contribution in [0, 0.1) is 0 Å². The summed E-state index contributed by atoms with van der Waals surface area (Å²) in [5, 5.41) is 0. The summed E-state index contributed by atoms with van der Waals surface area (Å²) in [5.74, 6) is 0.128. The van der Waals surface area contributed by atoms with Crippen molar-refractivity contribution in [2.24, 2.45) is 0 Å². The molecule has 1 aliphatic rings. The molecule has 0 bridgehead atoms. The molecule has 0 saturated carbocycles. The minimum Gasteiger partial charge on any atom is -0.444 e. The lowest BCUT2D eigenvalue weighted by Crippen LogP contribution is -2.51. The van der Waals surface area contributed by atoms with Crippen LogP contribution in [0.4, 0.5) is 4.79 Å². The van der Waals surface area contributed by atoms with E-state index in [-0.39, 0.29) is 12.0 Å². The number of carbonyl (C=O) groups excluding carboxylic acids is 2. The second-order valence-electron chi connectivity index (χ2n) is 5.68. The molecule has 19 heavy (non-hydrogen) atoms. The Labute approximate surface area is 115 Å². The van der Waals surface area contributed by atoms with E-state index in [0.29, 0.717) is 39.0 Å². The average molecular weight is 268 g/mol. The predicted octanol–water partition coefficient (Wildman–Crippen LogP) is 2.03. The molecule has 1 saturated heterocycles. The zero-order valence-electron chi connectivity index (χ0n) is 12.1. The van der Waals surface area contributed by atoms with Crippen LogP contribution in [0.15, 0.2) is 12.7 Å². The van der Waals surface area contributed by atoms with Gasteiger partial charge in [-0.25, -0.2) is 4.79 Å². The summed E-state index contributed by atoms with van der Waals surface area (Å²) in [6.07, 6.45) is 2.64. The number of piperazine rings is 1. The first-order valence-corrected chi connectivity index (χ1v) is 6.70. The highest BCUT2D eigenvalue weighted by atomic mass is 16.6. The third-order valence-corrected chi connectivity index (χ3v) is 2.85. The lowest BCUT2D eigenvalue weighted by atomic mass is 10.2. The minimum atomic E-state index is -0.478. The summed E-state index contributed by atoms with van der Waals surface area (Å²) >= 11 is 0. The Bertz CT molecular complexity index is 339. The van der Waals surface area contributed by atoms with E-state index in [1.54, 1.807) is 15.9 Å². The molecular formula is C14H24N2O3. The van der Waals surface area contributed by atoms with Crippen LogP contribution in [0.5, 0.6) is 0 Å². The molecule has 0 aromatic rings. The third-order valence-electron chi connectivity index (χ3n) is 2.85. The van der Waals surface area contributed by atoms with Gasteiger partial charge < -0.3 is 14.5 Å². The summed E-state index contributed by atoms with van der Waals surface area (Å²) in [7, 11) is 0. The van der Waals surface area contributed by atoms with Crippen LogP contribution in [-0.4, -0.2) is 53.6 Å². The Balaban J connectivity index is 2.38. The molecule has 0 aromatic heterocycles. The van der Waals surface area contributed by atoms with Gasteiger partial charge in [0.1, 0.15) is 5.60 Å². The zero-order chi connectivity index (χ0) is 14.5. The van der Waals surface area contributed by atoms with E-state index in [9.17, 15) is 9.59 Å². The number of nitrogens with zero attached hydrogens (tertiary/aromatic N) is 2. The van der Waals surface area contributed by atoms with Crippen molar-refractivity contribution in [3.63, 3.8) is 0 Å². The lowest BCUT2D eigenvalue weighted by molar-refractivity contribution is -0.132. The first-order chi connectivity index (χ1) is 8.83. The molecule has 108 valence electrons. The Hall–Kier alpha value is -1.52. The van der Waals surface area contributed by atoms with E-state index in [0.717, 1.165) is 0 Å². The monoisotopic (exact) mass is 268 g/mol. The minimum absolute atomic E-state index is 0.128. The van der Waals surface area contributed by atoms with Crippen molar-refractivity contribution < 1.29 is 14.3 Å². The molecule has 2 amide bonds. The molecule has 0 N–H and O–H groups in total. The Morgan fingerprint density at radius 2 is 1.68 bits per heavy atom. The molecule has 0 unspecified atom stereocenters. The van der Waals surface area contributed by atoms with Crippen LogP contribution in [0.2, 0.25) is 0 Å². The fraction of sp³-hybridized carbons (Fsp3) is 0.714. The molecule has 5 nitrogen and oxygen atoms in total. The molecule has 0 aliphatic carbocycles. The maximum atomic E-state index is 11.8. The van der Waals surface area contributed by atoms with Gasteiger partial charge >= 0.3 is 6.09 Å². The van der Waals surface area contributed by atoms with E-state index in [4.69, 9.17) is 4.74 Å². The van der Waals surface area contributed by atoms with Crippen LogP contribution < -0.4 is 0 Å². The molecule has 0 atom stereocenters. The average Bonchev–Trinajstić information content (AvgIpc) is 2.34. The number of carbonyl (C=O) groups is 2.